The van der Waals surface area contributed by atoms with Gasteiger partial charge in [-0.05, 0) is 11.6 Å². The average molecular weight is 134 g/mol. The second kappa shape index (κ2) is 2.87. The normalized spacial score (nSPS) is 13.0. The highest BCUT2D eigenvalue weighted by Gasteiger charge is 2.02. The van der Waals surface area contributed by atoms with Gasteiger partial charge >= 0.3 is 0 Å². The molecule has 1 aromatic carbocycles. The zero-order valence-corrected chi connectivity index (χ0v) is 5.84. The molecule has 0 bridgehead atoms. The molecule has 0 amide bonds. The van der Waals surface area contributed by atoms with Crippen molar-refractivity contribution in [1.29, 1.82) is 0 Å². The SMILES string of the molecule is [B]C(C)c1ccccc1F. The van der Waals surface area contributed by atoms with Gasteiger partial charge in [-0.25, -0.2) is 4.39 Å². The Morgan fingerprint density at radius 1 is 1.40 bits per heavy atom. The van der Waals surface area contributed by atoms with Gasteiger partial charge < -0.3 is 0 Å². The van der Waals surface area contributed by atoms with Crippen LogP contribution in [0.5, 0.6) is 0 Å². The Morgan fingerprint density at radius 3 is 2.40 bits per heavy atom. The molecule has 1 rings (SSSR count). The van der Waals surface area contributed by atoms with Crippen molar-refractivity contribution in [3.63, 3.8) is 0 Å². The summed E-state index contributed by atoms with van der Waals surface area (Å²) in [4.78, 5) is 0. The number of benzene rings is 1. The summed E-state index contributed by atoms with van der Waals surface area (Å²) in [6, 6.07) is 6.54. The van der Waals surface area contributed by atoms with Crippen LogP contribution in [0.3, 0.4) is 0 Å². The summed E-state index contributed by atoms with van der Waals surface area (Å²) in [6.07, 6.45) is 0. The summed E-state index contributed by atoms with van der Waals surface area (Å²) < 4.78 is 12.8. The minimum atomic E-state index is -0.225. The zero-order valence-electron chi connectivity index (χ0n) is 5.84. The Balaban J connectivity index is 3.03. The van der Waals surface area contributed by atoms with E-state index >= 15 is 0 Å². The molecule has 0 heterocycles. The molecule has 0 aliphatic carbocycles. The molecule has 0 spiro atoms. The van der Waals surface area contributed by atoms with E-state index < -0.39 is 0 Å². The first-order chi connectivity index (χ1) is 4.72. The maximum Gasteiger partial charge on any atom is 0.125 e. The lowest BCUT2D eigenvalue weighted by Gasteiger charge is -2.04. The van der Waals surface area contributed by atoms with Gasteiger partial charge in [0, 0.05) is 0 Å². The van der Waals surface area contributed by atoms with Crippen LogP contribution in [0.4, 0.5) is 4.39 Å². The largest absolute Gasteiger partial charge is 0.207 e. The Labute approximate surface area is 61.5 Å². The fourth-order valence-corrected chi connectivity index (χ4v) is 0.844. The van der Waals surface area contributed by atoms with E-state index in [1.807, 2.05) is 0 Å². The highest BCUT2D eigenvalue weighted by Crippen LogP contribution is 2.14. The summed E-state index contributed by atoms with van der Waals surface area (Å²) in [5, 5.41) is 0. The molecule has 2 heteroatoms. The highest BCUT2D eigenvalue weighted by molar-refractivity contribution is 6.12. The third-order valence-corrected chi connectivity index (χ3v) is 1.40. The molecule has 0 fully saturated rings. The van der Waals surface area contributed by atoms with Gasteiger partial charge in [0.1, 0.15) is 5.82 Å². The summed E-state index contributed by atoms with van der Waals surface area (Å²) in [5.41, 5.74) is 0.572. The van der Waals surface area contributed by atoms with Crippen molar-refractivity contribution >= 4 is 7.85 Å². The minimum absolute atomic E-state index is 0.221. The van der Waals surface area contributed by atoms with Crippen LogP contribution in [-0.2, 0) is 0 Å². The standard InChI is InChI=1S/C8H8BF/c1-6(9)7-4-2-3-5-8(7)10/h2-6H,1H3. The van der Waals surface area contributed by atoms with Crippen LogP contribution >= 0.6 is 0 Å². The number of halogens is 1. The molecule has 0 aliphatic rings. The highest BCUT2D eigenvalue weighted by atomic mass is 19.1. The lowest BCUT2D eigenvalue weighted by atomic mass is 9.83. The molecule has 2 radical (unpaired) electrons. The molecule has 1 atom stereocenters. The van der Waals surface area contributed by atoms with Crippen LogP contribution in [-0.4, -0.2) is 7.85 Å². The monoisotopic (exact) mass is 134 g/mol. The summed E-state index contributed by atoms with van der Waals surface area (Å²) >= 11 is 0. The molecule has 0 saturated heterocycles. The lowest BCUT2D eigenvalue weighted by Crippen LogP contribution is -1.94. The van der Waals surface area contributed by atoms with Gasteiger partial charge in [0.2, 0.25) is 0 Å². The van der Waals surface area contributed by atoms with Gasteiger partial charge in [-0.3, -0.25) is 0 Å². The Kier molecular flexibility index (Phi) is 2.10. The molecule has 0 aliphatic heterocycles. The quantitative estimate of drug-likeness (QED) is 0.515. The second-order valence-corrected chi connectivity index (χ2v) is 2.31. The third kappa shape index (κ3) is 1.38. The maximum atomic E-state index is 12.8. The van der Waals surface area contributed by atoms with Crippen LogP contribution in [0, 0.1) is 5.82 Å². The van der Waals surface area contributed by atoms with Crippen molar-refractivity contribution in [1.82, 2.24) is 0 Å². The van der Waals surface area contributed by atoms with E-state index in [1.54, 1.807) is 25.1 Å². The van der Waals surface area contributed by atoms with Crippen LogP contribution < -0.4 is 0 Å². The van der Waals surface area contributed by atoms with Gasteiger partial charge in [0.05, 0.1) is 7.85 Å². The summed E-state index contributed by atoms with van der Waals surface area (Å²) in [5.74, 6) is -0.446. The predicted molar refractivity (Wildman–Crippen MR) is 40.6 cm³/mol. The summed E-state index contributed by atoms with van der Waals surface area (Å²) in [7, 11) is 5.47. The van der Waals surface area contributed by atoms with Crippen molar-refractivity contribution in [2.24, 2.45) is 0 Å². The summed E-state index contributed by atoms with van der Waals surface area (Å²) in [6.45, 7) is 1.76. The van der Waals surface area contributed by atoms with Gasteiger partial charge in [0.15, 0.2) is 0 Å². The second-order valence-electron chi connectivity index (χ2n) is 2.31. The van der Waals surface area contributed by atoms with E-state index in [-0.39, 0.29) is 11.6 Å². The Hall–Kier alpha value is -0.785. The first kappa shape index (κ1) is 7.32. The number of hydrogen-bond acceptors (Lipinski definition) is 0. The molecule has 0 nitrogen and oxygen atoms in total. The predicted octanol–water partition coefficient (Wildman–Crippen LogP) is 2.06. The van der Waals surface area contributed by atoms with E-state index in [2.05, 4.69) is 0 Å². The number of hydrogen-bond donors (Lipinski definition) is 0. The molecule has 50 valence electrons. The van der Waals surface area contributed by atoms with E-state index in [0.717, 1.165) is 0 Å². The smallest absolute Gasteiger partial charge is 0.125 e. The van der Waals surface area contributed by atoms with Crippen molar-refractivity contribution in [3.8, 4) is 0 Å². The fourth-order valence-electron chi connectivity index (χ4n) is 0.844. The molecule has 1 aromatic rings. The van der Waals surface area contributed by atoms with Crippen LogP contribution in [0.15, 0.2) is 24.3 Å². The number of rotatable bonds is 1. The van der Waals surface area contributed by atoms with E-state index in [0.29, 0.717) is 5.56 Å². The Morgan fingerprint density at radius 2 is 2.00 bits per heavy atom. The first-order valence-electron chi connectivity index (χ1n) is 3.22. The average Bonchev–Trinajstić information content (AvgIpc) is 1.88. The minimum Gasteiger partial charge on any atom is -0.207 e. The van der Waals surface area contributed by atoms with Crippen LogP contribution in [0.2, 0.25) is 0 Å². The first-order valence-corrected chi connectivity index (χ1v) is 3.22. The lowest BCUT2D eigenvalue weighted by molar-refractivity contribution is 0.610. The molecular weight excluding hydrogens is 126 g/mol. The van der Waals surface area contributed by atoms with E-state index in [1.165, 1.54) is 6.07 Å². The van der Waals surface area contributed by atoms with Crippen molar-refractivity contribution in [2.45, 2.75) is 12.7 Å². The zero-order chi connectivity index (χ0) is 7.56. The van der Waals surface area contributed by atoms with Gasteiger partial charge in [0.25, 0.3) is 0 Å². The fraction of sp³-hybridized carbons (Fsp3) is 0.250. The maximum absolute atomic E-state index is 12.8. The van der Waals surface area contributed by atoms with E-state index in [4.69, 9.17) is 7.85 Å². The van der Waals surface area contributed by atoms with Crippen molar-refractivity contribution < 1.29 is 4.39 Å². The molecular formula is C8H8BF. The van der Waals surface area contributed by atoms with Gasteiger partial charge in [-0.15, -0.1) is 0 Å². The molecule has 0 N–H and O–H groups in total. The molecule has 1 unspecified atom stereocenters. The molecule has 0 saturated carbocycles. The van der Waals surface area contributed by atoms with Crippen molar-refractivity contribution in [3.05, 3.63) is 35.6 Å². The van der Waals surface area contributed by atoms with E-state index in [9.17, 15) is 4.39 Å². The third-order valence-electron chi connectivity index (χ3n) is 1.40. The molecule has 0 aromatic heterocycles. The van der Waals surface area contributed by atoms with Crippen LogP contribution in [0.25, 0.3) is 0 Å². The van der Waals surface area contributed by atoms with Crippen molar-refractivity contribution in [2.75, 3.05) is 0 Å². The van der Waals surface area contributed by atoms with Gasteiger partial charge in [-0.1, -0.05) is 30.9 Å². The molecule has 10 heavy (non-hydrogen) atoms. The van der Waals surface area contributed by atoms with Crippen LogP contribution in [0.1, 0.15) is 18.3 Å². The topological polar surface area (TPSA) is 0 Å². The van der Waals surface area contributed by atoms with Gasteiger partial charge in [-0.2, -0.15) is 0 Å². The Bertz CT molecular complexity index is 220.